The summed E-state index contributed by atoms with van der Waals surface area (Å²) >= 11 is 3.47. The number of hydrogen-bond acceptors (Lipinski definition) is 2. The molecule has 0 heterocycles. The number of benzene rings is 2. The maximum Gasteiger partial charge on any atom is 0.124 e. The molecule has 1 atom stereocenters. The summed E-state index contributed by atoms with van der Waals surface area (Å²) in [6.07, 6.45) is 0. The second-order valence-electron chi connectivity index (χ2n) is 4.27. The van der Waals surface area contributed by atoms with Crippen molar-refractivity contribution in [3.8, 4) is 5.75 Å². The molecule has 0 aliphatic carbocycles. The highest BCUT2D eigenvalue weighted by atomic mass is 79.9. The predicted octanol–water partition coefficient (Wildman–Crippen LogP) is 3.81. The Labute approximate surface area is 116 Å². The average molecular weight is 306 g/mol. The molecular formula is C15H16BrNO. The molecule has 0 aromatic heterocycles. The fraction of sp³-hybridized carbons (Fsp3) is 0.200. The lowest BCUT2D eigenvalue weighted by Crippen LogP contribution is -2.13. The molecule has 0 amide bonds. The quantitative estimate of drug-likeness (QED) is 0.936. The smallest absolute Gasteiger partial charge is 0.124 e. The van der Waals surface area contributed by atoms with E-state index in [4.69, 9.17) is 10.5 Å². The molecule has 3 heteroatoms. The van der Waals surface area contributed by atoms with E-state index in [2.05, 4.69) is 47.1 Å². The van der Waals surface area contributed by atoms with Gasteiger partial charge < -0.3 is 10.5 Å². The summed E-state index contributed by atoms with van der Waals surface area (Å²) in [6.45, 7) is 2.06. The van der Waals surface area contributed by atoms with E-state index in [9.17, 15) is 0 Å². The topological polar surface area (TPSA) is 35.2 Å². The summed E-state index contributed by atoms with van der Waals surface area (Å²) in [5.74, 6) is 0.811. The van der Waals surface area contributed by atoms with Gasteiger partial charge in [0.15, 0.2) is 0 Å². The van der Waals surface area contributed by atoms with Crippen LogP contribution in [0.15, 0.2) is 46.9 Å². The number of hydrogen-bond donors (Lipinski definition) is 1. The second kappa shape index (κ2) is 5.55. The molecule has 94 valence electrons. The predicted molar refractivity (Wildman–Crippen MR) is 77.9 cm³/mol. The summed E-state index contributed by atoms with van der Waals surface area (Å²) in [5.41, 5.74) is 9.60. The van der Waals surface area contributed by atoms with Crippen LogP contribution < -0.4 is 10.5 Å². The summed E-state index contributed by atoms with van der Waals surface area (Å²) in [5, 5.41) is 0. The lowest BCUT2D eigenvalue weighted by atomic mass is 9.98. The average Bonchev–Trinajstić information content (AvgIpc) is 2.39. The molecule has 0 saturated heterocycles. The minimum Gasteiger partial charge on any atom is -0.496 e. The molecule has 0 radical (unpaired) electrons. The van der Waals surface area contributed by atoms with Gasteiger partial charge in [0.25, 0.3) is 0 Å². The first-order valence-electron chi connectivity index (χ1n) is 5.77. The van der Waals surface area contributed by atoms with Gasteiger partial charge in [-0.3, -0.25) is 0 Å². The van der Waals surface area contributed by atoms with E-state index < -0.39 is 0 Å². The largest absolute Gasteiger partial charge is 0.496 e. The molecule has 2 N–H and O–H groups in total. The molecule has 0 bridgehead atoms. The Hall–Kier alpha value is -1.32. The fourth-order valence-electron chi connectivity index (χ4n) is 1.90. The van der Waals surface area contributed by atoms with Crippen LogP contribution in [0.25, 0.3) is 0 Å². The SMILES string of the molecule is COc1ccc(Br)cc1C(N)c1ccc(C)cc1. The second-order valence-corrected chi connectivity index (χ2v) is 5.19. The van der Waals surface area contributed by atoms with E-state index in [-0.39, 0.29) is 6.04 Å². The van der Waals surface area contributed by atoms with Crippen LogP contribution in [0.5, 0.6) is 5.75 Å². The molecule has 2 rings (SSSR count). The Morgan fingerprint density at radius 3 is 2.39 bits per heavy atom. The Bertz CT molecular complexity index is 537. The van der Waals surface area contributed by atoms with Gasteiger partial charge in [0.2, 0.25) is 0 Å². The first kappa shape index (κ1) is 13.1. The molecule has 1 unspecified atom stereocenters. The lowest BCUT2D eigenvalue weighted by Gasteiger charge is -2.16. The third-order valence-corrected chi connectivity index (χ3v) is 3.46. The number of ether oxygens (including phenoxy) is 1. The Balaban J connectivity index is 2.41. The zero-order valence-corrected chi connectivity index (χ0v) is 12.1. The zero-order chi connectivity index (χ0) is 13.1. The summed E-state index contributed by atoms with van der Waals surface area (Å²) < 4.78 is 6.37. The van der Waals surface area contributed by atoms with Gasteiger partial charge in [-0.25, -0.2) is 0 Å². The van der Waals surface area contributed by atoms with Crippen molar-refractivity contribution in [2.75, 3.05) is 7.11 Å². The zero-order valence-electron chi connectivity index (χ0n) is 10.5. The van der Waals surface area contributed by atoms with Crippen LogP contribution in [0, 0.1) is 6.92 Å². The standard InChI is InChI=1S/C15H16BrNO/c1-10-3-5-11(6-4-10)15(17)13-9-12(16)7-8-14(13)18-2/h3-9,15H,17H2,1-2H3. The first-order valence-corrected chi connectivity index (χ1v) is 6.56. The van der Waals surface area contributed by atoms with Gasteiger partial charge in [0, 0.05) is 10.0 Å². The monoisotopic (exact) mass is 305 g/mol. The van der Waals surface area contributed by atoms with Gasteiger partial charge in [-0.2, -0.15) is 0 Å². The van der Waals surface area contributed by atoms with E-state index >= 15 is 0 Å². The molecule has 18 heavy (non-hydrogen) atoms. The van der Waals surface area contributed by atoms with Crippen LogP contribution >= 0.6 is 15.9 Å². The summed E-state index contributed by atoms with van der Waals surface area (Å²) in [6, 6.07) is 13.9. The lowest BCUT2D eigenvalue weighted by molar-refractivity contribution is 0.407. The highest BCUT2D eigenvalue weighted by Gasteiger charge is 2.14. The summed E-state index contributed by atoms with van der Waals surface area (Å²) in [7, 11) is 1.66. The van der Waals surface area contributed by atoms with E-state index in [0.29, 0.717) is 0 Å². The Morgan fingerprint density at radius 2 is 1.78 bits per heavy atom. The molecule has 0 aliphatic heterocycles. The van der Waals surface area contributed by atoms with Crippen LogP contribution in [-0.4, -0.2) is 7.11 Å². The van der Waals surface area contributed by atoms with Gasteiger partial charge in [-0.05, 0) is 30.7 Å². The number of methoxy groups -OCH3 is 1. The highest BCUT2D eigenvalue weighted by molar-refractivity contribution is 9.10. The molecule has 0 spiro atoms. The number of halogens is 1. The molecule has 2 aromatic carbocycles. The van der Waals surface area contributed by atoms with E-state index in [1.54, 1.807) is 7.11 Å². The van der Waals surface area contributed by atoms with E-state index in [1.165, 1.54) is 5.56 Å². The van der Waals surface area contributed by atoms with Crippen molar-refractivity contribution in [2.45, 2.75) is 13.0 Å². The molecular weight excluding hydrogens is 290 g/mol. The van der Waals surface area contributed by atoms with Crippen molar-refractivity contribution in [1.82, 2.24) is 0 Å². The van der Waals surface area contributed by atoms with Gasteiger partial charge in [-0.15, -0.1) is 0 Å². The van der Waals surface area contributed by atoms with E-state index in [0.717, 1.165) is 21.3 Å². The third kappa shape index (κ3) is 2.74. The van der Waals surface area contributed by atoms with Crippen LogP contribution in [0.2, 0.25) is 0 Å². The number of rotatable bonds is 3. The number of nitrogens with two attached hydrogens (primary N) is 1. The van der Waals surface area contributed by atoms with Crippen molar-refractivity contribution in [3.05, 3.63) is 63.6 Å². The van der Waals surface area contributed by atoms with E-state index in [1.807, 2.05) is 18.2 Å². The molecule has 0 fully saturated rings. The van der Waals surface area contributed by atoms with Gasteiger partial charge >= 0.3 is 0 Å². The van der Waals surface area contributed by atoms with Crippen LogP contribution in [0.1, 0.15) is 22.7 Å². The fourth-order valence-corrected chi connectivity index (χ4v) is 2.28. The third-order valence-electron chi connectivity index (χ3n) is 2.96. The van der Waals surface area contributed by atoms with Crippen molar-refractivity contribution < 1.29 is 4.74 Å². The Kier molecular flexibility index (Phi) is 4.04. The summed E-state index contributed by atoms with van der Waals surface area (Å²) in [4.78, 5) is 0. The van der Waals surface area contributed by atoms with Crippen molar-refractivity contribution in [2.24, 2.45) is 5.73 Å². The molecule has 0 aliphatic rings. The first-order chi connectivity index (χ1) is 8.61. The minimum absolute atomic E-state index is 0.182. The molecule has 2 aromatic rings. The van der Waals surface area contributed by atoms with Gasteiger partial charge in [-0.1, -0.05) is 45.8 Å². The normalized spacial score (nSPS) is 12.2. The van der Waals surface area contributed by atoms with Crippen LogP contribution in [0.4, 0.5) is 0 Å². The molecule has 0 saturated carbocycles. The highest BCUT2D eigenvalue weighted by Crippen LogP contribution is 2.30. The maximum atomic E-state index is 6.31. The maximum absolute atomic E-state index is 6.31. The van der Waals surface area contributed by atoms with Crippen LogP contribution in [-0.2, 0) is 0 Å². The van der Waals surface area contributed by atoms with Crippen molar-refractivity contribution >= 4 is 15.9 Å². The van der Waals surface area contributed by atoms with Crippen molar-refractivity contribution in [3.63, 3.8) is 0 Å². The number of aryl methyl sites for hydroxylation is 1. The Morgan fingerprint density at radius 1 is 1.11 bits per heavy atom. The van der Waals surface area contributed by atoms with Crippen molar-refractivity contribution in [1.29, 1.82) is 0 Å². The van der Waals surface area contributed by atoms with Gasteiger partial charge in [0.1, 0.15) is 5.75 Å². The van der Waals surface area contributed by atoms with Crippen LogP contribution in [0.3, 0.4) is 0 Å². The minimum atomic E-state index is -0.182. The molecule has 2 nitrogen and oxygen atoms in total. The van der Waals surface area contributed by atoms with Gasteiger partial charge in [0.05, 0.1) is 13.2 Å².